The van der Waals surface area contributed by atoms with Crippen LogP contribution in [0.5, 0.6) is 11.6 Å². The van der Waals surface area contributed by atoms with Gasteiger partial charge in [-0.05, 0) is 55.9 Å². The molecule has 1 aliphatic carbocycles. The van der Waals surface area contributed by atoms with Crippen molar-refractivity contribution in [1.29, 1.82) is 0 Å². The topological polar surface area (TPSA) is 140 Å². The number of amides is 4. The van der Waals surface area contributed by atoms with Crippen molar-refractivity contribution in [3.8, 4) is 11.6 Å². The molecule has 0 atom stereocenters. The van der Waals surface area contributed by atoms with Crippen molar-refractivity contribution in [2.24, 2.45) is 5.92 Å². The smallest absolute Gasteiger partial charge is 0.344 e. The number of carbonyl (C=O) groups is 4. The molecule has 11 heteroatoms. The number of esters is 1. The lowest BCUT2D eigenvalue weighted by atomic mass is 9.77. The SMILES string of the molecule is CC1CCC2(CC1)NC(=O)N(NC(=O)COC(=O)c1cccnc1Oc1cccnc1)C2=O. The molecule has 2 aromatic rings. The van der Waals surface area contributed by atoms with Crippen LogP contribution in [0.3, 0.4) is 0 Å². The van der Waals surface area contributed by atoms with Gasteiger partial charge in [0.15, 0.2) is 6.61 Å². The van der Waals surface area contributed by atoms with Gasteiger partial charge in [0.1, 0.15) is 16.9 Å². The van der Waals surface area contributed by atoms with E-state index in [1.807, 2.05) is 0 Å². The monoisotopic (exact) mass is 453 g/mol. The van der Waals surface area contributed by atoms with Crippen molar-refractivity contribution in [2.75, 3.05) is 6.61 Å². The van der Waals surface area contributed by atoms with Crippen LogP contribution in [0.25, 0.3) is 0 Å². The van der Waals surface area contributed by atoms with E-state index in [1.165, 1.54) is 24.5 Å². The lowest BCUT2D eigenvalue weighted by Crippen LogP contribution is -2.52. The van der Waals surface area contributed by atoms with Gasteiger partial charge in [-0.2, -0.15) is 5.01 Å². The molecule has 0 radical (unpaired) electrons. The zero-order valence-electron chi connectivity index (χ0n) is 17.9. The molecule has 1 aliphatic heterocycles. The summed E-state index contributed by atoms with van der Waals surface area (Å²) in [7, 11) is 0. The molecule has 2 aliphatic rings. The first-order valence-corrected chi connectivity index (χ1v) is 10.5. The van der Waals surface area contributed by atoms with E-state index >= 15 is 0 Å². The van der Waals surface area contributed by atoms with Crippen LogP contribution in [0.4, 0.5) is 4.79 Å². The molecule has 4 amide bonds. The fraction of sp³-hybridized carbons (Fsp3) is 0.364. The van der Waals surface area contributed by atoms with Gasteiger partial charge in [0.25, 0.3) is 11.8 Å². The maximum absolute atomic E-state index is 12.8. The van der Waals surface area contributed by atoms with Gasteiger partial charge in [-0.25, -0.2) is 14.6 Å². The molecule has 3 heterocycles. The van der Waals surface area contributed by atoms with E-state index in [-0.39, 0.29) is 11.4 Å². The van der Waals surface area contributed by atoms with Crippen molar-refractivity contribution >= 4 is 23.8 Å². The van der Waals surface area contributed by atoms with Crippen molar-refractivity contribution in [2.45, 2.75) is 38.1 Å². The number of nitrogens with zero attached hydrogens (tertiary/aromatic N) is 3. The van der Waals surface area contributed by atoms with Crippen molar-refractivity contribution in [3.63, 3.8) is 0 Å². The molecule has 2 fully saturated rings. The first kappa shape index (κ1) is 22.2. The van der Waals surface area contributed by atoms with Crippen LogP contribution in [0, 0.1) is 5.92 Å². The average molecular weight is 453 g/mol. The number of aromatic nitrogens is 2. The molecule has 172 valence electrons. The Kier molecular flexibility index (Phi) is 6.20. The molecule has 2 N–H and O–H groups in total. The fourth-order valence-electron chi connectivity index (χ4n) is 3.83. The Morgan fingerprint density at radius 3 is 2.70 bits per heavy atom. The third-order valence-corrected chi connectivity index (χ3v) is 5.70. The van der Waals surface area contributed by atoms with E-state index in [1.54, 1.807) is 18.3 Å². The third kappa shape index (κ3) is 4.76. The highest BCUT2D eigenvalue weighted by Crippen LogP contribution is 2.35. The lowest BCUT2D eigenvalue weighted by molar-refractivity contribution is -0.141. The predicted molar refractivity (Wildman–Crippen MR) is 113 cm³/mol. The predicted octanol–water partition coefficient (Wildman–Crippen LogP) is 1.96. The Labute approximate surface area is 189 Å². The average Bonchev–Trinajstić information content (AvgIpc) is 3.04. The normalized spacial score (nSPS) is 22.1. The standard InChI is InChI=1S/C22H23N5O6/c1-14-6-8-22(9-7-14)20(30)27(21(31)25-22)26-17(28)13-32-19(29)16-5-3-11-24-18(16)33-15-4-2-10-23-12-15/h2-5,10-12,14H,6-9,13H2,1H3,(H,25,31)(H,26,28). The molecule has 4 rings (SSSR count). The lowest BCUT2D eigenvalue weighted by Gasteiger charge is -2.33. The molecule has 0 aromatic carbocycles. The van der Waals surface area contributed by atoms with Gasteiger partial charge < -0.3 is 14.8 Å². The first-order valence-electron chi connectivity index (χ1n) is 10.5. The van der Waals surface area contributed by atoms with Crippen LogP contribution < -0.4 is 15.5 Å². The number of hydrogen-bond acceptors (Lipinski definition) is 8. The Morgan fingerprint density at radius 2 is 1.97 bits per heavy atom. The number of hydrogen-bond donors (Lipinski definition) is 2. The molecule has 1 saturated carbocycles. The second-order valence-electron chi connectivity index (χ2n) is 8.09. The Balaban J connectivity index is 1.35. The highest BCUT2D eigenvalue weighted by molar-refractivity contribution is 6.08. The van der Waals surface area contributed by atoms with E-state index in [2.05, 4.69) is 27.6 Å². The summed E-state index contributed by atoms with van der Waals surface area (Å²) >= 11 is 0. The largest absolute Gasteiger partial charge is 0.452 e. The van der Waals surface area contributed by atoms with E-state index in [0.717, 1.165) is 12.8 Å². The summed E-state index contributed by atoms with van der Waals surface area (Å²) in [5, 5.41) is 3.36. The van der Waals surface area contributed by atoms with Gasteiger partial charge in [-0.3, -0.25) is 20.0 Å². The number of hydrazine groups is 1. The highest BCUT2D eigenvalue weighted by atomic mass is 16.5. The molecule has 1 spiro atoms. The second kappa shape index (κ2) is 9.23. The van der Waals surface area contributed by atoms with Gasteiger partial charge >= 0.3 is 12.0 Å². The van der Waals surface area contributed by atoms with E-state index < -0.39 is 36.0 Å². The minimum Gasteiger partial charge on any atom is -0.452 e. The molecule has 2 aromatic heterocycles. The number of carbonyl (C=O) groups excluding carboxylic acids is 4. The number of imide groups is 1. The molecule has 11 nitrogen and oxygen atoms in total. The van der Waals surface area contributed by atoms with Crippen LogP contribution in [-0.4, -0.2) is 50.9 Å². The second-order valence-corrected chi connectivity index (χ2v) is 8.09. The highest BCUT2D eigenvalue weighted by Gasteiger charge is 2.52. The number of ether oxygens (including phenoxy) is 2. The summed E-state index contributed by atoms with van der Waals surface area (Å²) in [6.07, 6.45) is 7.10. The maximum atomic E-state index is 12.8. The van der Waals surface area contributed by atoms with Crippen LogP contribution in [0.15, 0.2) is 42.9 Å². The van der Waals surface area contributed by atoms with Crippen molar-refractivity contribution < 1.29 is 28.7 Å². The van der Waals surface area contributed by atoms with Gasteiger partial charge in [-0.15, -0.1) is 0 Å². The Hall–Kier alpha value is -4.02. The van der Waals surface area contributed by atoms with Crippen LogP contribution in [-0.2, 0) is 14.3 Å². The maximum Gasteiger partial charge on any atom is 0.344 e. The minimum absolute atomic E-state index is 0.000534. The summed E-state index contributed by atoms with van der Waals surface area (Å²) < 4.78 is 10.6. The molecular formula is C22H23N5O6. The summed E-state index contributed by atoms with van der Waals surface area (Å²) in [6.45, 7) is 1.39. The first-order chi connectivity index (χ1) is 15.9. The fourth-order valence-corrected chi connectivity index (χ4v) is 3.83. The molecular weight excluding hydrogens is 430 g/mol. The summed E-state index contributed by atoms with van der Waals surface area (Å²) in [4.78, 5) is 57.9. The number of rotatable bonds is 6. The van der Waals surface area contributed by atoms with Crippen LogP contribution >= 0.6 is 0 Å². The van der Waals surface area contributed by atoms with Crippen molar-refractivity contribution in [1.82, 2.24) is 25.7 Å². The molecule has 1 saturated heterocycles. The minimum atomic E-state index is -0.984. The van der Waals surface area contributed by atoms with Crippen molar-refractivity contribution in [3.05, 3.63) is 48.4 Å². The number of pyridine rings is 2. The zero-order chi connectivity index (χ0) is 23.4. The van der Waals surface area contributed by atoms with Gasteiger partial charge in [0.2, 0.25) is 5.88 Å². The summed E-state index contributed by atoms with van der Waals surface area (Å²) in [6, 6.07) is 5.55. The quantitative estimate of drug-likeness (QED) is 0.500. The van der Waals surface area contributed by atoms with Gasteiger partial charge in [0, 0.05) is 12.4 Å². The van der Waals surface area contributed by atoms with E-state index in [4.69, 9.17) is 9.47 Å². The summed E-state index contributed by atoms with van der Waals surface area (Å²) in [5.41, 5.74) is 1.24. The molecule has 0 bridgehead atoms. The number of urea groups is 1. The number of nitrogens with one attached hydrogen (secondary N) is 2. The van der Waals surface area contributed by atoms with E-state index in [9.17, 15) is 19.2 Å². The molecule has 33 heavy (non-hydrogen) atoms. The van der Waals surface area contributed by atoms with Gasteiger partial charge in [0.05, 0.1) is 6.20 Å². The Morgan fingerprint density at radius 1 is 1.21 bits per heavy atom. The van der Waals surface area contributed by atoms with E-state index in [0.29, 0.717) is 29.5 Å². The van der Waals surface area contributed by atoms with Gasteiger partial charge in [-0.1, -0.05) is 6.92 Å². The summed E-state index contributed by atoms with van der Waals surface area (Å²) in [5.74, 6) is -1.36. The van der Waals surface area contributed by atoms with Crippen LogP contribution in [0.2, 0.25) is 0 Å². The van der Waals surface area contributed by atoms with Crippen LogP contribution in [0.1, 0.15) is 43.0 Å². The zero-order valence-corrected chi connectivity index (χ0v) is 17.9. The molecule has 0 unspecified atom stereocenters. The third-order valence-electron chi connectivity index (χ3n) is 5.70. The Bertz CT molecular complexity index is 1070.